The lowest BCUT2D eigenvalue weighted by Crippen LogP contribution is -2.39. The van der Waals surface area contributed by atoms with Crippen LogP contribution in [0, 0.1) is 0 Å². The van der Waals surface area contributed by atoms with E-state index < -0.39 is 10.0 Å². The highest BCUT2D eigenvalue weighted by atomic mass is 32.2. The van der Waals surface area contributed by atoms with Gasteiger partial charge in [-0.1, -0.05) is 26.2 Å². The van der Waals surface area contributed by atoms with E-state index in [-0.39, 0.29) is 11.8 Å². The first-order chi connectivity index (χ1) is 7.64. The van der Waals surface area contributed by atoms with E-state index in [0.29, 0.717) is 13.2 Å². The van der Waals surface area contributed by atoms with Crippen LogP contribution in [0.25, 0.3) is 0 Å². The molecule has 1 aliphatic heterocycles. The van der Waals surface area contributed by atoms with Gasteiger partial charge in [-0.05, 0) is 19.3 Å². The van der Waals surface area contributed by atoms with Gasteiger partial charge in [-0.3, -0.25) is 0 Å². The zero-order chi connectivity index (χ0) is 11.9. The minimum Gasteiger partial charge on any atom is -0.381 e. The van der Waals surface area contributed by atoms with Crippen LogP contribution < -0.4 is 4.72 Å². The molecule has 1 aliphatic rings. The second-order valence-corrected chi connectivity index (χ2v) is 6.26. The summed E-state index contributed by atoms with van der Waals surface area (Å²) in [5.74, 6) is 0.268. The number of ether oxygens (including phenoxy) is 1. The number of sulfonamides is 1. The molecule has 1 rings (SSSR count). The smallest absolute Gasteiger partial charge is 0.211 e. The van der Waals surface area contributed by atoms with Crippen molar-refractivity contribution in [2.45, 2.75) is 51.5 Å². The van der Waals surface area contributed by atoms with Crippen molar-refractivity contribution < 1.29 is 13.2 Å². The van der Waals surface area contributed by atoms with Gasteiger partial charge in [0, 0.05) is 19.3 Å². The summed E-state index contributed by atoms with van der Waals surface area (Å²) in [6.07, 6.45) is 5.63. The zero-order valence-corrected chi connectivity index (χ0v) is 10.9. The molecule has 1 fully saturated rings. The highest BCUT2D eigenvalue weighted by Gasteiger charge is 2.19. The summed E-state index contributed by atoms with van der Waals surface area (Å²) in [6, 6.07) is 0.0879. The topological polar surface area (TPSA) is 55.4 Å². The van der Waals surface area contributed by atoms with Gasteiger partial charge in [0.25, 0.3) is 0 Å². The summed E-state index contributed by atoms with van der Waals surface area (Å²) in [7, 11) is -3.07. The molecule has 0 amide bonds. The van der Waals surface area contributed by atoms with Crippen molar-refractivity contribution in [3.8, 4) is 0 Å². The van der Waals surface area contributed by atoms with Crippen LogP contribution in [0.4, 0.5) is 0 Å². The lowest BCUT2D eigenvalue weighted by Gasteiger charge is -2.22. The predicted molar refractivity (Wildman–Crippen MR) is 64.9 cm³/mol. The molecule has 0 radical (unpaired) electrons. The summed E-state index contributed by atoms with van der Waals surface area (Å²) in [5.41, 5.74) is 0. The monoisotopic (exact) mass is 249 g/mol. The third kappa shape index (κ3) is 5.82. The fourth-order valence-electron chi connectivity index (χ4n) is 1.85. The van der Waals surface area contributed by atoms with Crippen molar-refractivity contribution in [2.75, 3.05) is 19.0 Å². The fourth-order valence-corrected chi connectivity index (χ4v) is 3.29. The molecule has 0 aliphatic carbocycles. The first-order valence-electron chi connectivity index (χ1n) is 6.22. The second-order valence-electron chi connectivity index (χ2n) is 4.38. The highest BCUT2D eigenvalue weighted by Crippen LogP contribution is 2.09. The Morgan fingerprint density at radius 1 is 1.19 bits per heavy atom. The maximum Gasteiger partial charge on any atom is 0.211 e. The first kappa shape index (κ1) is 13.9. The lowest BCUT2D eigenvalue weighted by molar-refractivity contribution is 0.0832. The molecule has 0 bridgehead atoms. The van der Waals surface area contributed by atoms with Gasteiger partial charge in [0.1, 0.15) is 0 Å². The number of unbranched alkanes of at least 4 members (excludes halogenated alkanes) is 3. The molecular weight excluding hydrogens is 226 g/mol. The van der Waals surface area contributed by atoms with Gasteiger partial charge in [-0.2, -0.15) is 0 Å². The van der Waals surface area contributed by atoms with Crippen LogP contribution >= 0.6 is 0 Å². The molecule has 0 aromatic rings. The van der Waals surface area contributed by atoms with E-state index in [0.717, 1.165) is 38.5 Å². The molecule has 96 valence electrons. The largest absolute Gasteiger partial charge is 0.381 e. The summed E-state index contributed by atoms with van der Waals surface area (Å²) < 4.78 is 31.4. The minimum absolute atomic E-state index is 0.0879. The normalized spacial score (nSPS) is 18.8. The van der Waals surface area contributed by atoms with Crippen molar-refractivity contribution in [3.05, 3.63) is 0 Å². The summed E-state index contributed by atoms with van der Waals surface area (Å²) >= 11 is 0. The van der Waals surface area contributed by atoms with Crippen LogP contribution in [0.15, 0.2) is 0 Å². The summed E-state index contributed by atoms with van der Waals surface area (Å²) in [5, 5.41) is 0. The average molecular weight is 249 g/mol. The Morgan fingerprint density at radius 2 is 1.88 bits per heavy atom. The van der Waals surface area contributed by atoms with Gasteiger partial charge in [0.15, 0.2) is 0 Å². The molecule has 0 unspecified atom stereocenters. The molecule has 1 saturated heterocycles. The van der Waals surface area contributed by atoms with Crippen LogP contribution in [0.2, 0.25) is 0 Å². The van der Waals surface area contributed by atoms with Gasteiger partial charge in [0.2, 0.25) is 10.0 Å². The molecule has 0 spiro atoms. The van der Waals surface area contributed by atoms with Crippen LogP contribution in [-0.4, -0.2) is 33.4 Å². The SMILES string of the molecule is CCCCCCS(=O)(=O)NC1CCOCC1. The minimum atomic E-state index is -3.07. The van der Waals surface area contributed by atoms with Gasteiger partial charge < -0.3 is 4.74 Å². The fraction of sp³-hybridized carbons (Fsp3) is 1.00. The number of rotatable bonds is 7. The third-order valence-electron chi connectivity index (χ3n) is 2.83. The van der Waals surface area contributed by atoms with Crippen LogP contribution in [-0.2, 0) is 14.8 Å². The second kappa shape index (κ2) is 7.25. The predicted octanol–water partition coefficient (Wildman–Crippen LogP) is 1.67. The molecule has 0 aromatic heterocycles. The van der Waals surface area contributed by atoms with Crippen molar-refractivity contribution in [1.29, 1.82) is 0 Å². The molecule has 5 heteroatoms. The van der Waals surface area contributed by atoms with E-state index >= 15 is 0 Å². The van der Waals surface area contributed by atoms with Gasteiger partial charge in [-0.25, -0.2) is 13.1 Å². The zero-order valence-electron chi connectivity index (χ0n) is 10.1. The van der Waals surface area contributed by atoms with E-state index in [9.17, 15) is 8.42 Å². The van der Waals surface area contributed by atoms with Crippen LogP contribution in [0.5, 0.6) is 0 Å². The lowest BCUT2D eigenvalue weighted by atomic mass is 10.1. The van der Waals surface area contributed by atoms with Crippen LogP contribution in [0.1, 0.15) is 45.4 Å². The number of hydrogen-bond acceptors (Lipinski definition) is 3. The number of nitrogens with one attached hydrogen (secondary N) is 1. The Balaban J connectivity index is 2.22. The van der Waals surface area contributed by atoms with Gasteiger partial charge in [0.05, 0.1) is 5.75 Å². The Kier molecular flexibility index (Phi) is 6.31. The third-order valence-corrected chi connectivity index (χ3v) is 4.35. The van der Waals surface area contributed by atoms with Gasteiger partial charge in [-0.15, -0.1) is 0 Å². The van der Waals surface area contributed by atoms with Crippen molar-refractivity contribution in [3.63, 3.8) is 0 Å². The van der Waals surface area contributed by atoms with Gasteiger partial charge >= 0.3 is 0 Å². The molecule has 4 nitrogen and oxygen atoms in total. The van der Waals surface area contributed by atoms with Crippen molar-refractivity contribution in [1.82, 2.24) is 4.72 Å². The van der Waals surface area contributed by atoms with Crippen molar-refractivity contribution in [2.24, 2.45) is 0 Å². The van der Waals surface area contributed by atoms with Crippen LogP contribution in [0.3, 0.4) is 0 Å². The standard InChI is InChI=1S/C11H23NO3S/c1-2-3-4-5-10-16(13,14)12-11-6-8-15-9-7-11/h11-12H,2-10H2,1H3. The quantitative estimate of drug-likeness (QED) is 0.698. The average Bonchev–Trinajstić information content (AvgIpc) is 2.25. The maximum atomic E-state index is 11.7. The van der Waals surface area contributed by atoms with E-state index in [2.05, 4.69) is 11.6 Å². The Hall–Kier alpha value is -0.130. The Bertz CT molecular complexity index is 271. The first-order valence-corrected chi connectivity index (χ1v) is 7.87. The molecular formula is C11H23NO3S. The molecule has 16 heavy (non-hydrogen) atoms. The highest BCUT2D eigenvalue weighted by molar-refractivity contribution is 7.89. The maximum absolute atomic E-state index is 11.7. The summed E-state index contributed by atoms with van der Waals surface area (Å²) in [4.78, 5) is 0. The van der Waals surface area contributed by atoms with E-state index in [4.69, 9.17) is 4.74 Å². The molecule has 0 aromatic carbocycles. The molecule has 1 heterocycles. The molecule has 1 N–H and O–H groups in total. The molecule has 0 saturated carbocycles. The van der Waals surface area contributed by atoms with E-state index in [1.807, 2.05) is 0 Å². The Morgan fingerprint density at radius 3 is 2.50 bits per heavy atom. The summed E-state index contributed by atoms with van der Waals surface area (Å²) in [6.45, 7) is 3.46. The Labute approximate surface area is 98.8 Å². The van der Waals surface area contributed by atoms with Crippen molar-refractivity contribution >= 4 is 10.0 Å². The van der Waals surface area contributed by atoms with E-state index in [1.165, 1.54) is 0 Å². The number of hydrogen-bond donors (Lipinski definition) is 1. The molecule has 0 atom stereocenters. The van der Waals surface area contributed by atoms with E-state index in [1.54, 1.807) is 0 Å².